The fourth-order valence-electron chi connectivity index (χ4n) is 3.95. The third-order valence-corrected chi connectivity index (χ3v) is 5.46. The molecule has 3 aliphatic heterocycles. The van der Waals surface area contributed by atoms with Crippen LogP contribution in [0.4, 0.5) is 9.18 Å². The van der Waals surface area contributed by atoms with Gasteiger partial charge in [-0.25, -0.2) is 9.18 Å². The maximum atomic E-state index is 14.4. The Kier molecular flexibility index (Phi) is 3.94. The molecular weight excluding hydrogens is 377 g/mol. The molecule has 0 spiro atoms. The number of hydrogen-bond donors (Lipinski definition) is 1. The predicted molar refractivity (Wildman–Crippen MR) is 100 cm³/mol. The average molecular weight is 395 g/mol. The van der Waals surface area contributed by atoms with Crippen LogP contribution in [0.15, 0.2) is 53.7 Å². The van der Waals surface area contributed by atoms with Gasteiger partial charge in [-0.1, -0.05) is 24.3 Å². The average Bonchev–Trinajstić information content (AvgIpc) is 3.30. The van der Waals surface area contributed by atoms with E-state index in [4.69, 9.17) is 9.47 Å². The molecule has 3 heterocycles. The molecule has 29 heavy (non-hydrogen) atoms. The van der Waals surface area contributed by atoms with Crippen molar-refractivity contribution in [1.29, 1.82) is 0 Å². The van der Waals surface area contributed by atoms with Crippen molar-refractivity contribution in [2.45, 2.75) is 12.6 Å². The molecule has 0 unspecified atom stereocenters. The number of carbonyl (C=O) groups excluding carboxylic acids is 2. The van der Waals surface area contributed by atoms with Crippen molar-refractivity contribution in [3.63, 3.8) is 0 Å². The highest BCUT2D eigenvalue weighted by molar-refractivity contribution is 6.01. The van der Waals surface area contributed by atoms with Gasteiger partial charge in [-0.05, 0) is 23.8 Å². The second kappa shape index (κ2) is 6.51. The first-order chi connectivity index (χ1) is 14.0. The number of rotatable bonds is 3. The summed E-state index contributed by atoms with van der Waals surface area (Å²) >= 11 is 0. The minimum atomic E-state index is -0.816. The number of benzene rings is 2. The number of fused-ring (bicyclic) bond motifs is 1. The monoisotopic (exact) mass is 395 g/mol. The maximum absolute atomic E-state index is 14.4. The van der Waals surface area contributed by atoms with Crippen molar-refractivity contribution >= 4 is 11.9 Å². The van der Waals surface area contributed by atoms with Crippen molar-refractivity contribution in [3.8, 4) is 11.5 Å². The quantitative estimate of drug-likeness (QED) is 0.867. The molecule has 0 radical (unpaired) electrons. The third-order valence-electron chi connectivity index (χ3n) is 5.46. The lowest BCUT2D eigenvalue weighted by molar-refractivity contribution is -0.126. The zero-order valence-corrected chi connectivity index (χ0v) is 15.6. The van der Waals surface area contributed by atoms with Crippen LogP contribution in [-0.2, 0) is 11.3 Å². The highest BCUT2D eigenvalue weighted by atomic mass is 19.1. The van der Waals surface area contributed by atoms with E-state index in [0.29, 0.717) is 29.3 Å². The largest absolute Gasteiger partial charge is 0.454 e. The van der Waals surface area contributed by atoms with Gasteiger partial charge in [0.05, 0.1) is 23.9 Å². The fourth-order valence-corrected chi connectivity index (χ4v) is 3.95. The Morgan fingerprint density at radius 2 is 1.93 bits per heavy atom. The summed E-state index contributed by atoms with van der Waals surface area (Å²) in [6.07, 6.45) is 0. The van der Waals surface area contributed by atoms with Crippen LogP contribution in [0.5, 0.6) is 11.5 Å². The molecule has 148 valence electrons. The Balaban J connectivity index is 1.46. The van der Waals surface area contributed by atoms with Gasteiger partial charge >= 0.3 is 6.03 Å². The molecule has 2 aromatic carbocycles. The second-order valence-corrected chi connectivity index (χ2v) is 7.17. The Hall–Kier alpha value is -3.55. The number of carbonyl (C=O) groups is 2. The first kappa shape index (κ1) is 17.5. The Morgan fingerprint density at radius 3 is 2.76 bits per heavy atom. The van der Waals surface area contributed by atoms with Gasteiger partial charge in [-0.15, -0.1) is 0 Å². The zero-order valence-electron chi connectivity index (χ0n) is 15.6. The highest BCUT2D eigenvalue weighted by Gasteiger charge is 2.43. The van der Waals surface area contributed by atoms with Crippen molar-refractivity contribution in [1.82, 2.24) is 15.1 Å². The Bertz CT molecular complexity index is 1070. The Labute approximate surface area is 166 Å². The summed E-state index contributed by atoms with van der Waals surface area (Å²) in [7, 11) is 1.61. The van der Waals surface area contributed by atoms with Gasteiger partial charge in [0.15, 0.2) is 11.5 Å². The SMILES string of the molecule is CN1C(=O)N[C@@H](c2ccccc2F)C2=C1CN(Cc1ccc3c(c1)OCO3)C2=O. The lowest BCUT2D eigenvalue weighted by Gasteiger charge is -2.31. The first-order valence-corrected chi connectivity index (χ1v) is 9.22. The van der Waals surface area contributed by atoms with Gasteiger partial charge in [0, 0.05) is 19.2 Å². The number of urea groups is 1. The minimum absolute atomic E-state index is 0.181. The molecule has 0 aromatic heterocycles. The number of nitrogens with one attached hydrogen (secondary N) is 1. The molecule has 1 atom stereocenters. The molecule has 0 saturated carbocycles. The van der Waals surface area contributed by atoms with Crippen LogP contribution in [-0.4, -0.2) is 42.1 Å². The van der Waals surface area contributed by atoms with E-state index in [9.17, 15) is 14.0 Å². The van der Waals surface area contributed by atoms with E-state index in [-0.39, 0.29) is 30.8 Å². The lowest BCUT2D eigenvalue weighted by atomic mass is 9.95. The van der Waals surface area contributed by atoms with E-state index < -0.39 is 11.9 Å². The fraction of sp³-hybridized carbons (Fsp3) is 0.238. The molecule has 1 N–H and O–H groups in total. The predicted octanol–water partition coefficient (Wildman–Crippen LogP) is 2.55. The first-order valence-electron chi connectivity index (χ1n) is 9.22. The summed E-state index contributed by atoms with van der Waals surface area (Å²) in [5, 5.41) is 2.75. The minimum Gasteiger partial charge on any atom is -0.454 e. The molecular formula is C21H18FN3O4. The summed E-state index contributed by atoms with van der Waals surface area (Å²) in [5.41, 5.74) is 2.15. The van der Waals surface area contributed by atoms with Gasteiger partial charge in [-0.3, -0.25) is 9.69 Å². The molecule has 0 aliphatic carbocycles. The number of ether oxygens (including phenoxy) is 2. The van der Waals surface area contributed by atoms with E-state index in [2.05, 4.69) is 5.32 Å². The van der Waals surface area contributed by atoms with Gasteiger partial charge in [0.1, 0.15) is 5.82 Å². The zero-order chi connectivity index (χ0) is 20.1. The van der Waals surface area contributed by atoms with Crippen LogP contribution in [0, 0.1) is 5.82 Å². The third kappa shape index (κ3) is 2.79. The van der Waals surface area contributed by atoms with Gasteiger partial charge in [0.25, 0.3) is 5.91 Å². The van der Waals surface area contributed by atoms with E-state index in [1.54, 1.807) is 30.1 Å². The van der Waals surface area contributed by atoms with Crippen molar-refractivity contribution in [2.75, 3.05) is 20.4 Å². The van der Waals surface area contributed by atoms with Gasteiger partial charge < -0.3 is 19.7 Å². The van der Waals surface area contributed by atoms with E-state index >= 15 is 0 Å². The molecule has 2 aromatic rings. The number of hydrogen-bond acceptors (Lipinski definition) is 4. The number of halogens is 1. The Morgan fingerprint density at radius 1 is 1.14 bits per heavy atom. The molecule has 3 aliphatic rings. The molecule has 0 bridgehead atoms. The lowest BCUT2D eigenvalue weighted by Crippen LogP contribution is -2.45. The number of nitrogens with zero attached hydrogens (tertiary/aromatic N) is 2. The summed E-state index contributed by atoms with van der Waals surface area (Å²) < 4.78 is 25.1. The smallest absolute Gasteiger partial charge is 0.322 e. The van der Waals surface area contributed by atoms with Crippen molar-refractivity contribution < 1.29 is 23.5 Å². The van der Waals surface area contributed by atoms with Crippen LogP contribution in [0.2, 0.25) is 0 Å². The van der Waals surface area contributed by atoms with Crippen LogP contribution in [0.25, 0.3) is 0 Å². The molecule has 7 nitrogen and oxygen atoms in total. The van der Waals surface area contributed by atoms with Crippen LogP contribution < -0.4 is 14.8 Å². The van der Waals surface area contributed by atoms with Crippen molar-refractivity contribution in [2.24, 2.45) is 0 Å². The van der Waals surface area contributed by atoms with E-state index in [1.165, 1.54) is 11.0 Å². The summed E-state index contributed by atoms with van der Waals surface area (Å²) in [6, 6.07) is 10.5. The van der Waals surface area contributed by atoms with Gasteiger partial charge in [-0.2, -0.15) is 0 Å². The standard InChI is InChI=1S/C21H18FN3O4/c1-24-15-10-25(9-12-6-7-16-17(8-12)29-11-28-16)20(26)18(15)19(23-21(24)27)13-4-2-3-5-14(13)22/h2-8,19H,9-11H2,1H3,(H,23,27)/t19-/m0/s1. The molecule has 0 saturated heterocycles. The molecule has 5 rings (SSSR count). The number of likely N-dealkylation sites (N-methyl/N-ethyl adjacent to an activating group) is 1. The molecule has 0 fully saturated rings. The topological polar surface area (TPSA) is 71.1 Å². The van der Waals surface area contributed by atoms with Crippen LogP contribution in [0.3, 0.4) is 0 Å². The van der Waals surface area contributed by atoms with Crippen molar-refractivity contribution in [3.05, 3.63) is 70.7 Å². The molecule has 8 heteroatoms. The summed E-state index contributed by atoms with van der Waals surface area (Å²) in [5.74, 6) is 0.632. The van der Waals surface area contributed by atoms with Crippen LogP contribution >= 0.6 is 0 Å². The summed E-state index contributed by atoms with van der Waals surface area (Å²) in [6.45, 7) is 0.798. The van der Waals surface area contributed by atoms with Crippen LogP contribution in [0.1, 0.15) is 17.2 Å². The second-order valence-electron chi connectivity index (χ2n) is 7.17. The van der Waals surface area contributed by atoms with E-state index in [1.807, 2.05) is 18.2 Å². The van der Waals surface area contributed by atoms with E-state index in [0.717, 1.165) is 5.56 Å². The highest BCUT2D eigenvalue weighted by Crippen LogP contribution is 2.38. The normalized spacial score (nSPS) is 20.3. The van der Waals surface area contributed by atoms with Gasteiger partial charge in [0.2, 0.25) is 6.79 Å². The maximum Gasteiger partial charge on any atom is 0.322 e. The molecule has 3 amide bonds. The summed E-state index contributed by atoms with van der Waals surface area (Å²) in [4.78, 5) is 28.7. The number of amides is 3.